The molecule has 0 aliphatic carbocycles. The number of carbonyl (C=O) groups excluding carboxylic acids is 2. The molecule has 10 heteroatoms. The van der Waals surface area contributed by atoms with Crippen molar-refractivity contribution >= 4 is 28.3 Å². The van der Waals surface area contributed by atoms with Crippen LogP contribution in [0.4, 0.5) is 18.9 Å². The second-order valence-corrected chi connectivity index (χ2v) is 6.08. The molecule has 0 saturated carbocycles. The Morgan fingerprint density at radius 3 is 2.41 bits per heavy atom. The lowest BCUT2D eigenvalue weighted by Crippen LogP contribution is -2.32. The first kappa shape index (κ1) is 20.1. The van der Waals surface area contributed by atoms with Crippen LogP contribution in [-0.2, 0) is 16.6 Å². The maximum absolute atomic E-state index is 13.7. The van der Waals surface area contributed by atoms with Gasteiger partial charge in [-0.15, -0.1) is 0 Å². The number of carbonyl (C=O) groups is 2. The summed E-state index contributed by atoms with van der Waals surface area (Å²) in [5.74, 6) is -6.70. The van der Waals surface area contributed by atoms with Crippen LogP contribution >= 0.6 is 0 Å². The largest absolute Gasteiger partial charge is 0.448 e. The molecule has 0 radical (unpaired) electrons. The van der Waals surface area contributed by atoms with Gasteiger partial charge in [-0.25, -0.2) is 22.6 Å². The summed E-state index contributed by atoms with van der Waals surface area (Å²) >= 11 is 0. The number of ether oxygens (including phenoxy) is 1. The Hall–Kier alpha value is -3.69. The standard InChI is InChI=1S/C19H14F3N3O4/c1-9(17(26)23-13-8-7-12(20)14(21)15(13)22)29-19(28)16-10-5-3-4-6-11(10)18(27)25(2)24-16/h3-9H,1-2H3,(H,23,26)/t9-/m0/s1. The van der Waals surface area contributed by atoms with E-state index >= 15 is 0 Å². The number of fused-ring (bicyclic) bond motifs is 1. The molecule has 1 atom stereocenters. The minimum absolute atomic E-state index is 0.193. The highest BCUT2D eigenvalue weighted by molar-refractivity contribution is 6.03. The summed E-state index contributed by atoms with van der Waals surface area (Å²) in [6.45, 7) is 1.20. The first-order valence-electron chi connectivity index (χ1n) is 8.32. The molecule has 1 amide bonds. The van der Waals surface area contributed by atoms with Crippen molar-refractivity contribution in [1.82, 2.24) is 9.78 Å². The quantitative estimate of drug-likeness (QED) is 0.532. The Labute approximate surface area is 161 Å². The summed E-state index contributed by atoms with van der Waals surface area (Å²) in [5.41, 5.74) is -1.22. The third-order valence-electron chi connectivity index (χ3n) is 4.10. The molecule has 0 saturated heterocycles. The van der Waals surface area contributed by atoms with E-state index in [1.165, 1.54) is 26.1 Å². The summed E-state index contributed by atoms with van der Waals surface area (Å²) < 4.78 is 45.9. The molecule has 3 aromatic rings. The Bertz CT molecular complexity index is 1190. The zero-order chi connectivity index (χ0) is 21.3. The van der Waals surface area contributed by atoms with Gasteiger partial charge in [0.25, 0.3) is 11.5 Å². The van der Waals surface area contributed by atoms with Crippen molar-refractivity contribution < 1.29 is 27.5 Å². The van der Waals surface area contributed by atoms with E-state index in [0.29, 0.717) is 6.07 Å². The van der Waals surface area contributed by atoms with Crippen molar-refractivity contribution in [2.45, 2.75) is 13.0 Å². The van der Waals surface area contributed by atoms with Gasteiger partial charge >= 0.3 is 5.97 Å². The van der Waals surface area contributed by atoms with Crippen LogP contribution in [0.3, 0.4) is 0 Å². The molecule has 0 aliphatic heterocycles. The van der Waals surface area contributed by atoms with Crippen molar-refractivity contribution in [1.29, 1.82) is 0 Å². The Morgan fingerprint density at radius 1 is 1.07 bits per heavy atom. The van der Waals surface area contributed by atoms with Gasteiger partial charge in [0.15, 0.2) is 29.2 Å². The Kier molecular flexibility index (Phi) is 5.35. The normalized spacial score (nSPS) is 11.9. The van der Waals surface area contributed by atoms with Crippen LogP contribution in [0.5, 0.6) is 0 Å². The fraction of sp³-hybridized carbons (Fsp3) is 0.158. The first-order valence-corrected chi connectivity index (χ1v) is 8.32. The van der Waals surface area contributed by atoms with Gasteiger partial charge in [0.05, 0.1) is 11.1 Å². The van der Waals surface area contributed by atoms with E-state index in [-0.39, 0.29) is 16.5 Å². The van der Waals surface area contributed by atoms with Crippen molar-refractivity contribution in [2.75, 3.05) is 5.32 Å². The predicted molar refractivity (Wildman–Crippen MR) is 96.8 cm³/mol. The van der Waals surface area contributed by atoms with Crippen molar-refractivity contribution in [2.24, 2.45) is 7.05 Å². The van der Waals surface area contributed by atoms with Crippen molar-refractivity contribution in [3.05, 3.63) is 69.9 Å². The fourth-order valence-electron chi connectivity index (χ4n) is 2.58. The van der Waals surface area contributed by atoms with Gasteiger partial charge in [-0.05, 0) is 25.1 Å². The molecule has 7 nitrogen and oxygen atoms in total. The number of rotatable bonds is 4. The van der Waals surface area contributed by atoms with Crippen LogP contribution in [0, 0.1) is 17.5 Å². The summed E-state index contributed by atoms with van der Waals surface area (Å²) in [4.78, 5) is 36.8. The summed E-state index contributed by atoms with van der Waals surface area (Å²) in [6, 6.07) is 7.71. The molecule has 29 heavy (non-hydrogen) atoms. The average molecular weight is 405 g/mol. The van der Waals surface area contributed by atoms with Gasteiger partial charge < -0.3 is 10.1 Å². The number of nitrogens with one attached hydrogen (secondary N) is 1. The van der Waals surface area contributed by atoms with Gasteiger partial charge in [-0.1, -0.05) is 18.2 Å². The van der Waals surface area contributed by atoms with Crippen LogP contribution in [0.1, 0.15) is 17.4 Å². The summed E-state index contributed by atoms with van der Waals surface area (Å²) in [5, 5.41) is 6.37. The molecular formula is C19H14F3N3O4. The second kappa shape index (κ2) is 7.74. The van der Waals surface area contributed by atoms with E-state index < -0.39 is 46.7 Å². The molecule has 0 fully saturated rings. The van der Waals surface area contributed by atoms with Gasteiger partial charge in [0, 0.05) is 12.4 Å². The number of hydrogen-bond donors (Lipinski definition) is 1. The summed E-state index contributed by atoms with van der Waals surface area (Å²) in [6.07, 6.45) is -1.42. The molecule has 0 bridgehead atoms. The predicted octanol–water partition coefficient (Wildman–Crippen LogP) is 2.53. The second-order valence-electron chi connectivity index (χ2n) is 6.08. The molecule has 150 valence electrons. The van der Waals surface area contributed by atoms with E-state index in [9.17, 15) is 27.6 Å². The first-order chi connectivity index (χ1) is 13.7. The Balaban J connectivity index is 1.82. The molecule has 1 aromatic heterocycles. The zero-order valence-corrected chi connectivity index (χ0v) is 15.2. The third kappa shape index (κ3) is 3.82. The van der Waals surface area contributed by atoms with Crippen molar-refractivity contribution in [3.63, 3.8) is 0 Å². The third-order valence-corrected chi connectivity index (χ3v) is 4.10. The highest BCUT2D eigenvalue weighted by Gasteiger charge is 2.24. The van der Waals surface area contributed by atoms with Crippen molar-refractivity contribution in [3.8, 4) is 0 Å². The van der Waals surface area contributed by atoms with Crippen LogP contribution in [-0.4, -0.2) is 27.8 Å². The van der Waals surface area contributed by atoms with E-state index in [1.807, 2.05) is 5.32 Å². The van der Waals surface area contributed by atoms with Gasteiger partial charge in [-0.3, -0.25) is 9.59 Å². The lowest BCUT2D eigenvalue weighted by Gasteiger charge is -2.15. The number of benzene rings is 2. The molecule has 1 heterocycles. The molecule has 2 aromatic carbocycles. The molecule has 0 spiro atoms. The molecular weight excluding hydrogens is 391 g/mol. The maximum atomic E-state index is 13.7. The number of anilines is 1. The number of aromatic nitrogens is 2. The summed E-state index contributed by atoms with van der Waals surface area (Å²) in [7, 11) is 1.35. The van der Waals surface area contributed by atoms with Gasteiger partial charge in [0.2, 0.25) is 0 Å². The fourth-order valence-corrected chi connectivity index (χ4v) is 2.58. The Morgan fingerprint density at radius 2 is 1.72 bits per heavy atom. The monoisotopic (exact) mass is 405 g/mol. The highest BCUT2D eigenvalue weighted by Crippen LogP contribution is 2.20. The number of esters is 1. The SMILES string of the molecule is C[C@H](OC(=O)c1nn(C)c(=O)c2ccccc12)C(=O)Nc1ccc(F)c(F)c1F. The number of aryl methyl sites for hydroxylation is 1. The zero-order valence-electron chi connectivity index (χ0n) is 15.2. The van der Waals surface area contributed by atoms with E-state index in [0.717, 1.165) is 10.7 Å². The molecule has 0 aliphatic rings. The highest BCUT2D eigenvalue weighted by atomic mass is 19.2. The number of amides is 1. The molecule has 3 rings (SSSR count). The van der Waals surface area contributed by atoms with Crippen LogP contribution in [0.25, 0.3) is 10.8 Å². The average Bonchev–Trinajstić information content (AvgIpc) is 2.70. The number of halogens is 3. The number of hydrogen-bond acceptors (Lipinski definition) is 5. The molecule has 0 unspecified atom stereocenters. The van der Waals surface area contributed by atoms with Crippen LogP contribution in [0.2, 0.25) is 0 Å². The van der Waals surface area contributed by atoms with E-state index in [2.05, 4.69) is 5.10 Å². The van der Waals surface area contributed by atoms with Gasteiger partial charge in [0.1, 0.15) is 0 Å². The van der Waals surface area contributed by atoms with Crippen LogP contribution in [0.15, 0.2) is 41.2 Å². The minimum Gasteiger partial charge on any atom is -0.448 e. The van der Waals surface area contributed by atoms with Gasteiger partial charge in [-0.2, -0.15) is 5.10 Å². The lowest BCUT2D eigenvalue weighted by molar-refractivity contribution is -0.123. The van der Waals surface area contributed by atoms with Crippen LogP contribution < -0.4 is 10.9 Å². The molecule has 1 N–H and O–H groups in total. The van der Waals surface area contributed by atoms with E-state index in [1.54, 1.807) is 12.1 Å². The number of nitrogens with zero attached hydrogens (tertiary/aromatic N) is 2. The lowest BCUT2D eigenvalue weighted by atomic mass is 10.1. The minimum atomic E-state index is -1.74. The topological polar surface area (TPSA) is 90.3 Å². The van der Waals surface area contributed by atoms with E-state index in [4.69, 9.17) is 4.74 Å². The maximum Gasteiger partial charge on any atom is 0.360 e. The smallest absolute Gasteiger partial charge is 0.360 e.